The van der Waals surface area contributed by atoms with Crippen LogP contribution in [0.3, 0.4) is 0 Å². The van der Waals surface area contributed by atoms with Crippen LogP contribution in [-0.2, 0) is 32.0 Å². The van der Waals surface area contributed by atoms with Gasteiger partial charge in [-0.3, -0.25) is 4.79 Å². The molecule has 0 N–H and O–H groups in total. The van der Waals surface area contributed by atoms with Gasteiger partial charge in [0.2, 0.25) is 0 Å². The third kappa shape index (κ3) is 3.58. The number of carbonyl (C=O) groups excluding carboxylic acids is 2. The normalized spacial score (nSPS) is 13.8. The number of nitrogens with zero attached hydrogens (tertiary/aromatic N) is 1. The Morgan fingerprint density at radius 1 is 1.25 bits per heavy atom. The number of fused-ring (bicyclic) bond motifs is 2. The lowest BCUT2D eigenvalue weighted by Gasteiger charge is -2.30. The van der Waals surface area contributed by atoms with E-state index in [-0.39, 0.29) is 17.7 Å². The number of ether oxygens (including phenoxy) is 3. The van der Waals surface area contributed by atoms with E-state index in [0.717, 1.165) is 6.08 Å². The highest BCUT2D eigenvalue weighted by Crippen LogP contribution is 2.29. The van der Waals surface area contributed by atoms with Crippen LogP contribution in [0.4, 0.5) is 0 Å². The first-order valence-electron chi connectivity index (χ1n) is 8.83. The molecular formula is C20H21NO7. The molecule has 8 nitrogen and oxygen atoms in total. The molecule has 3 rings (SSSR count). The van der Waals surface area contributed by atoms with E-state index in [9.17, 15) is 14.4 Å². The summed E-state index contributed by atoms with van der Waals surface area (Å²) in [6, 6.07) is 5.16. The quantitative estimate of drug-likeness (QED) is 0.566. The number of esters is 2. The fourth-order valence-electron chi connectivity index (χ4n) is 3.17. The van der Waals surface area contributed by atoms with Gasteiger partial charge < -0.3 is 23.5 Å². The topological polar surface area (TPSA) is 95.3 Å². The summed E-state index contributed by atoms with van der Waals surface area (Å²) in [4.78, 5) is 38.4. The van der Waals surface area contributed by atoms with E-state index in [1.807, 2.05) is 6.92 Å². The molecule has 2 aromatic rings. The Hall–Kier alpha value is -3.29. The number of rotatable bonds is 5. The SMILES string of the molecule is CCOc1cccc2c(=O)c3c(oc12)CCN(/C(=C/C(=O)OC)C(=O)OC)C3. The molecule has 0 amide bonds. The van der Waals surface area contributed by atoms with Crippen molar-refractivity contribution in [1.82, 2.24) is 4.90 Å². The highest BCUT2D eigenvalue weighted by Gasteiger charge is 2.28. The zero-order valence-corrected chi connectivity index (χ0v) is 15.9. The van der Waals surface area contributed by atoms with Crippen molar-refractivity contribution in [2.24, 2.45) is 0 Å². The van der Waals surface area contributed by atoms with Crippen molar-refractivity contribution < 1.29 is 28.2 Å². The van der Waals surface area contributed by atoms with E-state index in [1.165, 1.54) is 14.2 Å². The van der Waals surface area contributed by atoms with Crippen LogP contribution in [0.15, 0.2) is 39.2 Å². The highest BCUT2D eigenvalue weighted by molar-refractivity contribution is 5.95. The molecule has 8 heteroatoms. The lowest BCUT2D eigenvalue weighted by molar-refractivity contribution is -0.140. The van der Waals surface area contributed by atoms with Gasteiger partial charge in [-0.15, -0.1) is 0 Å². The molecule has 0 spiro atoms. The molecule has 28 heavy (non-hydrogen) atoms. The molecule has 1 aromatic carbocycles. The first-order valence-corrected chi connectivity index (χ1v) is 8.83. The third-order valence-electron chi connectivity index (χ3n) is 4.51. The van der Waals surface area contributed by atoms with Crippen molar-refractivity contribution in [2.45, 2.75) is 19.9 Å². The number of para-hydroxylation sites is 1. The minimum Gasteiger partial charge on any atom is -0.490 e. The van der Waals surface area contributed by atoms with Gasteiger partial charge in [0.15, 0.2) is 16.8 Å². The second-order valence-electron chi connectivity index (χ2n) is 6.11. The van der Waals surface area contributed by atoms with Crippen LogP contribution in [0.25, 0.3) is 11.0 Å². The Kier molecular flexibility index (Phi) is 5.67. The summed E-state index contributed by atoms with van der Waals surface area (Å²) < 4.78 is 20.9. The summed E-state index contributed by atoms with van der Waals surface area (Å²) in [6.07, 6.45) is 1.45. The Balaban J connectivity index is 2.05. The zero-order chi connectivity index (χ0) is 20.3. The number of carbonyl (C=O) groups is 2. The van der Waals surface area contributed by atoms with E-state index < -0.39 is 11.9 Å². The Labute approximate surface area is 161 Å². The van der Waals surface area contributed by atoms with Gasteiger partial charge >= 0.3 is 11.9 Å². The van der Waals surface area contributed by atoms with Gasteiger partial charge in [0.05, 0.1) is 44.4 Å². The summed E-state index contributed by atoms with van der Waals surface area (Å²) in [5, 5.41) is 0.406. The first-order chi connectivity index (χ1) is 13.5. The zero-order valence-electron chi connectivity index (χ0n) is 15.9. The van der Waals surface area contributed by atoms with Gasteiger partial charge in [0.25, 0.3) is 0 Å². The molecule has 1 aliphatic rings. The van der Waals surface area contributed by atoms with Gasteiger partial charge in [-0.05, 0) is 19.1 Å². The lowest BCUT2D eigenvalue weighted by atomic mass is 10.0. The molecule has 1 aromatic heterocycles. The first kappa shape index (κ1) is 19.5. The van der Waals surface area contributed by atoms with Crippen LogP contribution < -0.4 is 10.2 Å². The molecule has 0 radical (unpaired) electrons. The van der Waals surface area contributed by atoms with Gasteiger partial charge in [-0.2, -0.15) is 0 Å². The number of methoxy groups -OCH3 is 2. The van der Waals surface area contributed by atoms with E-state index in [0.29, 0.717) is 47.6 Å². The molecule has 0 saturated heterocycles. The Morgan fingerprint density at radius 2 is 2.04 bits per heavy atom. The largest absolute Gasteiger partial charge is 0.490 e. The van der Waals surface area contributed by atoms with Crippen molar-refractivity contribution in [3.8, 4) is 5.75 Å². The summed E-state index contributed by atoms with van der Waals surface area (Å²) in [5.74, 6) is -0.304. The molecule has 0 unspecified atom stereocenters. The molecule has 1 aliphatic heterocycles. The molecule has 148 valence electrons. The van der Waals surface area contributed by atoms with Crippen LogP contribution in [-0.4, -0.2) is 44.2 Å². The van der Waals surface area contributed by atoms with Crippen molar-refractivity contribution in [3.63, 3.8) is 0 Å². The van der Waals surface area contributed by atoms with Crippen LogP contribution in [0.1, 0.15) is 18.2 Å². The molecule has 0 atom stereocenters. The molecule has 0 fully saturated rings. The average molecular weight is 387 g/mol. The summed E-state index contributed by atoms with van der Waals surface area (Å²) in [5.41, 5.74) is 0.694. The summed E-state index contributed by atoms with van der Waals surface area (Å²) in [6.45, 7) is 2.80. The molecule has 0 aliphatic carbocycles. The highest BCUT2D eigenvalue weighted by atomic mass is 16.5. The molecule has 0 saturated carbocycles. The van der Waals surface area contributed by atoms with E-state index in [4.69, 9.17) is 13.9 Å². The fourth-order valence-corrected chi connectivity index (χ4v) is 3.17. The van der Waals surface area contributed by atoms with Gasteiger partial charge in [0.1, 0.15) is 11.5 Å². The van der Waals surface area contributed by atoms with Gasteiger partial charge in [-0.1, -0.05) is 6.07 Å². The second kappa shape index (κ2) is 8.16. The van der Waals surface area contributed by atoms with Gasteiger partial charge in [-0.25, -0.2) is 9.59 Å². The van der Waals surface area contributed by atoms with Crippen LogP contribution in [0.2, 0.25) is 0 Å². The standard InChI is InChI=1S/C20H21NO7/c1-4-27-16-7-5-6-12-18(23)13-11-21(9-8-15(13)28-19(12)16)14(20(24)26-3)10-17(22)25-2/h5-7,10H,4,8-9,11H2,1-3H3/b14-10+. The molecule has 0 bridgehead atoms. The monoisotopic (exact) mass is 387 g/mol. The van der Waals surface area contributed by atoms with E-state index >= 15 is 0 Å². The maximum absolute atomic E-state index is 13.0. The third-order valence-corrected chi connectivity index (χ3v) is 4.51. The second-order valence-corrected chi connectivity index (χ2v) is 6.11. The maximum atomic E-state index is 13.0. The summed E-state index contributed by atoms with van der Waals surface area (Å²) >= 11 is 0. The van der Waals surface area contributed by atoms with E-state index in [1.54, 1.807) is 23.1 Å². The molecular weight excluding hydrogens is 366 g/mol. The number of hydrogen-bond acceptors (Lipinski definition) is 8. The smallest absolute Gasteiger partial charge is 0.354 e. The fraction of sp³-hybridized carbons (Fsp3) is 0.350. The molecule has 2 heterocycles. The maximum Gasteiger partial charge on any atom is 0.354 e. The van der Waals surface area contributed by atoms with Crippen molar-refractivity contribution in [3.05, 3.63) is 51.5 Å². The Bertz CT molecular complexity index is 1010. The van der Waals surface area contributed by atoms with Gasteiger partial charge in [0, 0.05) is 13.0 Å². The lowest BCUT2D eigenvalue weighted by Crippen LogP contribution is -2.36. The number of hydrogen-bond donors (Lipinski definition) is 0. The average Bonchev–Trinajstić information content (AvgIpc) is 2.72. The van der Waals surface area contributed by atoms with Crippen LogP contribution in [0.5, 0.6) is 5.75 Å². The minimum atomic E-state index is -0.683. The van der Waals surface area contributed by atoms with Crippen molar-refractivity contribution >= 4 is 22.9 Å². The number of benzene rings is 1. The predicted molar refractivity (Wildman–Crippen MR) is 99.9 cm³/mol. The van der Waals surface area contributed by atoms with Crippen LogP contribution >= 0.6 is 0 Å². The Morgan fingerprint density at radius 3 is 2.71 bits per heavy atom. The van der Waals surface area contributed by atoms with E-state index in [2.05, 4.69) is 4.74 Å². The predicted octanol–water partition coefficient (Wildman–Crippen LogP) is 1.78. The van der Waals surface area contributed by atoms with Crippen molar-refractivity contribution in [2.75, 3.05) is 27.4 Å². The van der Waals surface area contributed by atoms with Crippen LogP contribution in [0, 0.1) is 0 Å². The van der Waals surface area contributed by atoms with Crippen molar-refractivity contribution in [1.29, 1.82) is 0 Å². The summed E-state index contributed by atoms with van der Waals surface area (Å²) in [7, 11) is 2.44. The minimum absolute atomic E-state index is 0.0302.